The number of hydrogen-bond donors (Lipinski definition) is 1. The van der Waals surface area contributed by atoms with Gasteiger partial charge in [0.05, 0.1) is 12.6 Å². The van der Waals surface area contributed by atoms with Crippen molar-refractivity contribution in [2.24, 2.45) is 5.92 Å². The molecule has 1 aromatic carbocycles. The second kappa shape index (κ2) is 11.2. The predicted octanol–water partition coefficient (Wildman–Crippen LogP) is 2.27. The molecule has 1 aliphatic heterocycles. The van der Waals surface area contributed by atoms with Crippen molar-refractivity contribution in [2.45, 2.75) is 58.2 Å². The summed E-state index contributed by atoms with van der Waals surface area (Å²) in [7, 11) is 1.79. The predicted molar refractivity (Wildman–Crippen MR) is 114 cm³/mol. The molecule has 0 saturated carbocycles. The molecule has 2 aromatic rings. The van der Waals surface area contributed by atoms with Crippen LogP contribution >= 0.6 is 0 Å². The summed E-state index contributed by atoms with van der Waals surface area (Å²) in [5, 5.41) is 22.4. The minimum Gasteiger partial charge on any atom is -0.388 e. The van der Waals surface area contributed by atoms with Crippen molar-refractivity contribution < 1.29 is 9.90 Å². The maximum Gasteiger partial charge on any atom is 0.222 e. The average Bonchev–Trinajstić information content (AvgIpc) is 3.20. The van der Waals surface area contributed by atoms with Crippen molar-refractivity contribution in [2.75, 3.05) is 26.7 Å². The average molecular weight is 415 g/mol. The third kappa shape index (κ3) is 6.60. The van der Waals surface area contributed by atoms with E-state index in [1.54, 1.807) is 11.9 Å². The number of amides is 1. The van der Waals surface area contributed by atoms with Gasteiger partial charge in [-0.25, -0.2) is 4.68 Å². The van der Waals surface area contributed by atoms with Gasteiger partial charge in [-0.15, -0.1) is 5.10 Å². The molecule has 8 nitrogen and oxygen atoms in total. The number of nitrogens with zero attached hydrogens (tertiary/aromatic N) is 6. The Hall–Kier alpha value is -2.32. The summed E-state index contributed by atoms with van der Waals surface area (Å²) in [6.07, 6.45) is 3.56. The van der Waals surface area contributed by atoms with E-state index in [1.807, 2.05) is 35.0 Å². The van der Waals surface area contributed by atoms with Crippen molar-refractivity contribution in [3.8, 4) is 0 Å². The van der Waals surface area contributed by atoms with Crippen LogP contribution in [0.15, 0.2) is 30.3 Å². The van der Waals surface area contributed by atoms with Crippen molar-refractivity contribution >= 4 is 5.91 Å². The molecule has 1 saturated heterocycles. The van der Waals surface area contributed by atoms with Gasteiger partial charge in [0.15, 0.2) is 5.82 Å². The third-order valence-corrected chi connectivity index (χ3v) is 5.96. The molecule has 0 bridgehead atoms. The molecule has 1 atom stereocenters. The van der Waals surface area contributed by atoms with Gasteiger partial charge in [0.1, 0.15) is 0 Å². The van der Waals surface area contributed by atoms with Crippen LogP contribution in [0.1, 0.15) is 56.5 Å². The van der Waals surface area contributed by atoms with Gasteiger partial charge >= 0.3 is 0 Å². The molecule has 0 aliphatic carbocycles. The van der Waals surface area contributed by atoms with E-state index in [2.05, 4.69) is 27.3 Å². The number of aryl methyl sites for hydroxylation is 1. The molecule has 1 unspecified atom stereocenters. The van der Waals surface area contributed by atoms with Crippen molar-refractivity contribution in [1.29, 1.82) is 0 Å². The summed E-state index contributed by atoms with van der Waals surface area (Å²) in [5.74, 6) is 1.75. The second-order valence-electron chi connectivity index (χ2n) is 8.41. The Kier molecular flexibility index (Phi) is 8.33. The number of piperidine rings is 1. The lowest BCUT2D eigenvalue weighted by Crippen LogP contribution is -2.33. The molecule has 0 radical (unpaired) electrons. The molecule has 1 aliphatic rings. The van der Waals surface area contributed by atoms with Gasteiger partial charge in [-0.05, 0) is 60.7 Å². The lowest BCUT2D eigenvalue weighted by atomic mass is 9.99. The van der Waals surface area contributed by atoms with Crippen LogP contribution in [0.4, 0.5) is 0 Å². The van der Waals surface area contributed by atoms with Crippen molar-refractivity contribution in [3.63, 3.8) is 0 Å². The molecule has 0 spiro atoms. The van der Waals surface area contributed by atoms with E-state index in [-0.39, 0.29) is 5.91 Å². The third-order valence-electron chi connectivity index (χ3n) is 5.96. The fraction of sp³-hybridized carbons (Fsp3) is 0.636. The highest BCUT2D eigenvalue weighted by atomic mass is 16.3. The van der Waals surface area contributed by atoms with Gasteiger partial charge in [-0.3, -0.25) is 9.69 Å². The first kappa shape index (κ1) is 22.4. The van der Waals surface area contributed by atoms with Gasteiger partial charge in [0.25, 0.3) is 0 Å². The number of carbonyl (C=O) groups is 1. The normalized spacial score (nSPS) is 16.5. The summed E-state index contributed by atoms with van der Waals surface area (Å²) >= 11 is 0. The lowest BCUT2D eigenvalue weighted by Gasteiger charge is -2.29. The summed E-state index contributed by atoms with van der Waals surface area (Å²) in [6, 6.07) is 9.55. The Balaban J connectivity index is 1.37. The number of aliphatic hydroxyl groups is 1. The van der Waals surface area contributed by atoms with Crippen LogP contribution in [0, 0.1) is 5.92 Å². The number of carbonyl (C=O) groups excluding carboxylic acids is 1. The first-order valence-corrected chi connectivity index (χ1v) is 11.0. The van der Waals surface area contributed by atoms with E-state index >= 15 is 0 Å². The zero-order valence-corrected chi connectivity index (χ0v) is 18.2. The maximum atomic E-state index is 12.4. The van der Waals surface area contributed by atoms with Crippen LogP contribution in [0.2, 0.25) is 0 Å². The Morgan fingerprint density at radius 3 is 2.73 bits per heavy atom. The van der Waals surface area contributed by atoms with E-state index in [1.165, 1.54) is 12.8 Å². The highest BCUT2D eigenvalue weighted by Gasteiger charge is 2.19. The Morgan fingerprint density at radius 1 is 1.27 bits per heavy atom. The summed E-state index contributed by atoms with van der Waals surface area (Å²) in [4.78, 5) is 16.5. The zero-order chi connectivity index (χ0) is 21.3. The Labute approximate surface area is 178 Å². The number of hydrogen-bond acceptors (Lipinski definition) is 6. The topological polar surface area (TPSA) is 87.4 Å². The van der Waals surface area contributed by atoms with Gasteiger partial charge in [0.2, 0.25) is 5.91 Å². The number of likely N-dealkylation sites (tertiary alicyclic amines) is 1. The molecule has 164 valence electrons. The SMILES string of the molecule is CC1CCN(Cc2nnnn2CCCC(=O)N(C)CCC(O)c2ccccc2)CC1. The smallest absolute Gasteiger partial charge is 0.222 e. The highest BCUT2D eigenvalue weighted by molar-refractivity contribution is 5.75. The van der Waals surface area contributed by atoms with E-state index in [0.29, 0.717) is 32.4 Å². The Morgan fingerprint density at radius 2 is 2.00 bits per heavy atom. The lowest BCUT2D eigenvalue weighted by molar-refractivity contribution is -0.130. The number of tetrazole rings is 1. The van der Waals surface area contributed by atoms with Gasteiger partial charge in [-0.1, -0.05) is 37.3 Å². The molecule has 1 N–H and O–H groups in total. The summed E-state index contributed by atoms with van der Waals surface area (Å²) in [6.45, 7) is 6.41. The van der Waals surface area contributed by atoms with Crippen molar-refractivity contribution in [1.82, 2.24) is 30.0 Å². The van der Waals surface area contributed by atoms with E-state index < -0.39 is 6.10 Å². The van der Waals surface area contributed by atoms with E-state index in [4.69, 9.17) is 0 Å². The van der Waals surface area contributed by atoms with Crippen LogP contribution in [0.5, 0.6) is 0 Å². The quantitative estimate of drug-likeness (QED) is 0.642. The van der Waals surface area contributed by atoms with Gasteiger partial charge < -0.3 is 10.0 Å². The number of rotatable bonds is 10. The zero-order valence-electron chi connectivity index (χ0n) is 18.2. The molecule has 30 heavy (non-hydrogen) atoms. The fourth-order valence-corrected chi connectivity index (χ4v) is 3.78. The molecule has 1 amide bonds. The first-order valence-electron chi connectivity index (χ1n) is 11.0. The van der Waals surface area contributed by atoms with E-state index in [0.717, 1.165) is 36.9 Å². The first-order chi connectivity index (χ1) is 14.5. The second-order valence-corrected chi connectivity index (χ2v) is 8.41. The van der Waals surface area contributed by atoms with Crippen LogP contribution in [-0.2, 0) is 17.9 Å². The fourth-order valence-electron chi connectivity index (χ4n) is 3.78. The minimum absolute atomic E-state index is 0.0786. The maximum absolute atomic E-state index is 12.4. The Bertz CT molecular complexity index is 773. The molecule has 1 aromatic heterocycles. The van der Waals surface area contributed by atoms with Crippen LogP contribution in [-0.4, -0.2) is 67.7 Å². The van der Waals surface area contributed by atoms with Crippen LogP contribution in [0.25, 0.3) is 0 Å². The number of aliphatic hydroxyl groups excluding tert-OH is 1. The van der Waals surface area contributed by atoms with Gasteiger partial charge in [-0.2, -0.15) is 0 Å². The van der Waals surface area contributed by atoms with Crippen LogP contribution < -0.4 is 0 Å². The summed E-state index contributed by atoms with van der Waals surface area (Å²) < 4.78 is 1.82. The summed E-state index contributed by atoms with van der Waals surface area (Å²) in [5.41, 5.74) is 0.882. The number of aromatic nitrogens is 4. The largest absolute Gasteiger partial charge is 0.388 e. The van der Waals surface area contributed by atoms with Crippen LogP contribution in [0.3, 0.4) is 0 Å². The van der Waals surface area contributed by atoms with E-state index in [9.17, 15) is 9.90 Å². The standard InChI is InChI=1S/C22H34N6O2/c1-18-10-15-27(16-11-18)17-21-23-24-25-28(21)13-6-9-22(30)26(2)14-12-20(29)19-7-4-3-5-8-19/h3-5,7-8,18,20,29H,6,9-17H2,1-2H3. The van der Waals surface area contributed by atoms with Gasteiger partial charge in [0, 0.05) is 26.6 Å². The molecule has 1 fully saturated rings. The molecule has 2 heterocycles. The highest BCUT2D eigenvalue weighted by Crippen LogP contribution is 2.18. The molecular formula is C22H34N6O2. The van der Waals surface area contributed by atoms with Crippen molar-refractivity contribution in [3.05, 3.63) is 41.7 Å². The monoisotopic (exact) mass is 414 g/mol. The molecular weight excluding hydrogens is 380 g/mol. The minimum atomic E-state index is -0.553. The molecule has 3 rings (SSSR count). The number of benzene rings is 1. The molecule has 8 heteroatoms.